The Morgan fingerprint density at radius 3 is 3.05 bits per heavy atom. The molecule has 0 radical (unpaired) electrons. The van der Waals surface area contributed by atoms with Crippen LogP contribution < -0.4 is 5.32 Å². The van der Waals surface area contributed by atoms with Gasteiger partial charge in [0.05, 0.1) is 0 Å². The summed E-state index contributed by atoms with van der Waals surface area (Å²) in [6.45, 7) is 4.45. The fraction of sp³-hybridized carbons (Fsp3) is 0.667. The Bertz CT molecular complexity index is 513. The topological polar surface area (TPSA) is 58.6 Å². The number of nitrogens with one attached hydrogen (secondary N) is 1. The average Bonchev–Trinajstić information content (AvgIpc) is 2.85. The van der Waals surface area contributed by atoms with Gasteiger partial charge in [0.25, 0.3) is 10.0 Å². The molecule has 0 saturated carbocycles. The molecule has 0 fully saturated rings. The van der Waals surface area contributed by atoms with Crippen LogP contribution in [0.1, 0.15) is 24.9 Å². The van der Waals surface area contributed by atoms with Crippen molar-refractivity contribution < 1.29 is 13.2 Å². The SMILES string of the molecule is CCNC1CN(CCCOC)S(=O)(=O)c2sccc21. The minimum atomic E-state index is -3.31. The predicted octanol–water partition coefficient (Wildman–Crippen LogP) is 1.44. The van der Waals surface area contributed by atoms with Crippen LogP contribution in [0.25, 0.3) is 0 Å². The van der Waals surface area contributed by atoms with Gasteiger partial charge in [0.15, 0.2) is 0 Å². The Kier molecular flexibility index (Phi) is 4.97. The van der Waals surface area contributed by atoms with Gasteiger partial charge < -0.3 is 10.1 Å². The number of ether oxygens (including phenoxy) is 1. The maximum Gasteiger partial charge on any atom is 0.252 e. The summed E-state index contributed by atoms with van der Waals surface area (Å²) in [5, 5.41) is 5.21. The predicted molar refractivity (Wildman–Crippen MR) is 76.0 cm³/mol. The van der Waals surface area contributed by atoms with Crippen molar-refractivity contribution in [3.05, 3.63) is 17.0 Å². The molecule has 1 aromatic heterocycles. The van der Waals surface area contributed by atoms with Gasteiger partial charge in [-0.15, -0.1) is 11.3 Å². The van der Waals surface area contributed by atoms with Crippen LogP contribution in [-0.2, 0) is 14.8 Å². The molecule has 0 aromatic carbocycles. The van der Waals surface area contributed by atoms with Crippen LogP contribution in [0.15, 0.2) is 15.7 Å². The molecule has 0 bridgehead atoms. The van der Waals surface area contributed by atoms with Gasteiger partial charge in [-0.05, 0) is 24.4 Å². The summed E-state index contributed by atoms with van der Waals surface area (Å²) in [5.41, 5.74) is 0.912. The van der Waals surface area contributed by atoms with Crippen LogP contribution in [0.4, 0.5) is 0 Å². The van der Waals surface area contributed by atoms with Crippen molar-refractivity contribution in [2.75, 3.05) is 33.4 Å². The first-order valence-electron chi connectivity index (χ1n) is 6.41. The molecule has 108 valence electrons. The Morgan fingerprint density at radius 1 is 1.58 bits per heavy atom. The summed E-state index contributed by atoms with van der Waals surface area (Å²) in [4.78, 5) is 0. The van der Waals surface area contributed by atoms with Crippen LogP contribution in [-0.4, -0.2) is 46.1 Å². The molecule has 1 aliphatic rings. The van der Waals surface area contributed by atoms with Gasteiger partial charge in [-0.3, -0.25) is 0 Å². The van der Waals surface area contributed by atoms with E-state index in [-0.39, 0.29) is 6.04 Å². The number of thiophene rings is 1. The number of hydrogen-bond acceptors (Lipinski definition) is 5. The lowest BCUT2D eigenvalue weighted by Gasteiger charge is -2.32. The normalized spacial score (nSPS) is 22.3. The van der Waals surface area contributed by atoms with E-state index in [1.165, 1.54) is 11.3 Å². The first-order valence-corrected chi connectivity index (χ1v) is 8.73. The number of methoxy groups -OCH3 is 1. The van der Waals surface area contributed by atoms with E-state index in [4.69, 9.17) is 4.74 Å². The molecule has 5 nitrogen and oxygen atoms in total. The average molecular weight is 304 g/mol. The Morgan fingerprint density at radius 2 is 2.37 bits per heavy atom. The van der Waals surface area contributed by atoms with E-state index in [2.05, 4.69) is 5.32 Å². The summed E-state index contributed by atoms with van der Waals surface area (Å²) >= 11 is 1.30. The number of rotatable bonds is 6. The van der Waals surface area contributed by atoms with Gasteiger partial charge in [0, 0.05) is 38.4 Å². The van der Waals surface area contributed by atoms with E-state index < -0.39 is 10.0 Å². The largest absolute Gasteiger partial charge is 0.385 e. The summed E-state index contributed by atoms with van der Waals surface area (Å²) in [6, 6.07) is 2.01. The van der Waals surface area contributed by atoms with Crippen molar-refractivity contribution in [1.82, 2.24) is 9.62 Å². The van der Waals surface area contributed by atoms with Crippen LogP contribution in [0, 0.1) is 0 Å². The lowest BCUT2D eigenvalue weighted by atomic mass is 10.1. The van der Waals surface area contributed by atoms with Crippen molar-refractivity contribution in [1.29, 1.82) is 0 Å². The van der Waals surface area contributed by atoms with Crippen LogP contribution in [0.3, 0.4) is 0 Å². The van der Waals surface area contributed by atoms with E-state index in [1.54, 1.807) is 11.4 Å². The Labute approximate surface area is 118 Å². The van der Waals surface area contributed by atoms with E-state index in [0.29, 0.717) is 23.9 Å². The fourth-order valence-electron chi connectivity index (χ4n) is 2.31. The van der Waals surface area contributed by atoms with E-state index >= 15 is 0 Å². The molecule has 1 N–H and O–H groups in total. The van der Waals surface area contributed by atoms with Gasteiger partial charge in [0.1, 0.15) is 4.21 Å². The van der Waals surface area contributed by atoms with Gasteiger partial charge in [0.2, 0.25) is 0 Å². The van der Waals surface area contributed by atoms with Crippen LogP contribution in [0.2, 0.25) is 0 Å². The molecular weight excluding hydrogens is 284 g/mol. The zero-order valence-corrected chi connectivity index (χ0v) is 12.9. The number of hydrogen-bond donors (Lipinski definition) is 1. The highest BCUT2D eigenvalue weighted by Crippen LogP contribution is 2.36. The summed E-state index contributed by atoms with van der Waals surface area (Å²) in [5.74, 6) is 0. The third kappa shape index (κ3) is 3.00. The first kappa shape index (κ1) is 14.9. The second-order valence-corrected chi connectivity index (χ2v) is 7.53. The molecule has 1 aliphatic heterocycles. The number of likely N-dealkylation sites (N-methyl/N-ethyl adjacent to an activating group) is 1. The molecular formula is C12H20N2O3S2. The molecule has 0 saturated heterocycles. The van der Waals surface area contributed by atoms with Gasteiger partial charge in [-0.25, -0.2) is 8.42 Å². The van der Waals surface area contributed by atoms with Crippen molar-refractivity contribution in [3.63, 3.8) is 0 Å². The Hall–Kier alpha value is -0.470. The maximum absolute atomic E-state index is 12.5. The molecule has 1 aromatic rings. The zero-order chi connectivity index (χ0) is 13.9. The van der Waals surface area contributed by atoms with Gasteiger partial charge in [-0.1, -0.05) is 6.92 Å². The third-order valence-corrected chi connectivity index (χ3v) is 6.56. The van der Waals surface area contributed by atoms with E-state index in [0.717, 1.165) is 18.5 Å². The molecule has 0 aliphatic carbocycles. The molecule has 0 spiro atoms. The van der Waals surface area contributed by atoms with Crippen molar-refractivity contribution in [3.8, 4) is 0 Å². The molecule has 0 amide bonds. The molecule has 7 heteroatoms. The lowest BCUT2D eigenvalue weighted by molar-refractivity contribution is 0.185. The fourth-order valence-corrected chi connectivity index (χ4v) is 5.42. The third-order valence-electron chi connectivity index (χ3n) is 3.20. The van der Waals surface area contributed by atoms with Crippen LogP contribution >= 0.6 is 11.3 Å². The highest BCUT2D eigenvalue weighted by Gasteiger charge is 2.37. The number of sulfonamides is 1. The lowest BCUT2D eigenvalue weighted by Crippen LogP contribution is -2.43. The quantitative estimate of drug-likeness (QED) is 0.808. The molecule has 1 atom stereocenters. The maximum atomic E-state index is 12.5. The molecule has 19 heavy (non-hydrogen) atoms. The van der Waals surface area contributed by atoms with Crippen molar-refractivity contribution >= 4 is 21.4 Å². The minimum Gasteiger partial charge on any atom is -0.385 e. The van der Waals surface area contributed by atoms with E-state index in [1.807, 2.05) is 18.4 Å². The molecule has 1 unspecified atom stereocenters. The summed E-state index contributed by atoms with van der Waals surface area (Å²) < 4.78 is 32.0. The van der Waals surface area contributed by atoms with Crippen molar-refractivity contribution in [2.24, 2.45) is 0 Å². The summed E-state index contributed by atoms with van der Waals surface area (Å²) in [6.07, 6.45) is 0.718. The standard InChI is InChI=1S/C12H20N2O3S2/c1-3-13-11-9-14(6-4-7-17-2)19(15,16)12-10(11)5-8-18-12/h5,8,11,13H,3-4,6-7,9H2,1-2H3. The van der Waals surface area contributed by atoms with Gasteiger partial charge in [-0.2, -0.15) is 4.31 Å². The smallest absolute Gasteiger partial charge is 0.252 e. The second kappa shape index (κ2) is 6.32. The van der Waals surface area contributed by atoms with E-state index in [9.17, 15) is 8.42 Å². The number of nitrogens with zero attached hydrogens (tertiary/aromatic N) is 1. The highest BCUT2D eigenvalue weighted by molar-refractivity contribution is 7.91. The van der Waals surface area contributed by atoms with Crippen molar-refractivity contribution in [2.45, 2.75) is 23.6 Å². The first-order chi connectivity index (χ1) is 9.11. The van der Waals surface area contributed by atoms with Gasteiger partial charge >= 0.3 is 0 Å². The van der Waals surface area contributed by atoms with Crippen LogP contribution in [0.5, 0.6) is 0 Å². The zero-order valence-electron chi connectivity index (χ0n) is 11.3. The number of fused-ring (bicyclic) bond motifs is 1. The molecule has 2 rings (SSSR count). The molecule has 2 heterocycles. The summed E-state index contributed by atoms with van der Waals surface area (Å²) in [7, 11) is -1.69. The minimum absolute atomic E-state index is 0.0947. The Balaban J connectivity index is 2.23. The highest BCUT2D eigenvalue weighted by atomic mass is 32.2. The second-order valence-electron chi connectivity index (χ2n) is 4.48. The monoisotopic (exact) mass is 304 g/mol.